The topological polar surface area (TPSA) is 6.48 Å². The Hall–Kier alpha value is -6.58. The first-order valence-corrected chi connectivity index (χ1v) is 17.6. The van der Waals surface area contributed by atoms with E-state index in [1.807, 2.05) is 0 Å². The lowest BCUT2D eigenvalue weighted by atomic mass is 9.37. The summed E-state index contributed by atoms with van der Waals surface area (Å²) in [7, 11) is 0. The lowest BCUT2D eigenvalue weighted by molar-refractivity contribution is 1.29. The summed E-state index contributed by atoms with van der Waals surface area (Å²) in [6.07, 6.45) is 0. The van der Waals surface area contributed by atoms with Crippen molar-refractivity contribution in [2.45, 2.75) is 0 Å². The second-order valence-corrected chi connectivity index (χ2v) is 13.3. The van der Waals surface area contributed by atoms with Gasteiger partial charge in [-0.1, -0.05) is 145 Å². The molecule has 8 aromatic carbocycles. The van der Waals surface area contributed by atoms with Crippen LogP contribution in [0.15, 0.2) is 200 Å². The van der Waals surface area contributed by atoms with Gasteiger partial charge in [0, 0.05) is 34.1 Å². The predicted molar refractivity (Wildman–Crippen MR) is 217 cm³/mol. The molecule has 238 valence electrons. The minimum absolute atomic E-state index is 0.141. The summed E-state index contributed by atoms with van der Waals surface area (Å²) in [5.74, 6) is 0. The van der Waals surface area contributed by atoms with Crippen LogP contribution in [-0.2, 0) is 0 Å². The lowest BCUT2D eigenvalue weighted by Crippen LogP contribution is -2.54. The van der Waals surface area contributed by atoms with E-state index in [1.54, 1.807) is 0 Å². The molecule has 0 aliphatic carbocycles. The van der Waals surface area contributed by atoms with E-state index in [2.05, 4.69) is 210 Å². The van der Waals surface area contributed by atoms with Crippen LogP contribution in [-0.4, -0.2) is 6.71 Å². The molecule has 0 aromatic heterocycles. The highest BCUT2D eigenvalue weighted by molar-refractivity contribution is 7.01. The SMILES string of the molecule is c1ccc(-c2ccc(N3c4cc(-c5ccccc5)ccc4B4c5ccc(N(c6ccccc6)c6ccccc6)cc5-c5cccc3c54)cc2)cc1. The van der Waals surface area contributed by atoms with Crippen LogP contribution in [0.4, 0.5) is 34.1 Å². The first-order chi connectivity index (χ1) is 25.3. The zero-order valence-electron chi connectivity index (χ0n) is 28.0. The Morgan fingerprint density at radius 1 is 0.353 bits per heavy atom. The van der Waals surface area contributed by atoms with E-state index < -0.39 is 0 Å². The largest absolute Gasteiger partial charge is 0.311 e. The van der Waals surface area contributed by atoms with Gasteiger partial charge in [-0.3, -0.25) is 0 Å². The van der Waals surface area contributed by atoms with Crippen LogP contribution in [0.5, 0.6) is 0 Å². The molecule has 0 fully saturated rings. The van der Waals surface area contributed by atoms with E-state index in [-0.39, 0.29) is 6.71 Å². The number of anilines is 6. The van der Waals surface area contributed by atoms with Gasteiger partial charge >= 0.3 is 0 Å². The quantitative estimate of drug-likeness (QED) is 0.166. The molecule has 2 heterocycles. The van der Waals surface area contributed by atoms with Crippen molar-refractivity contribution in [1.29, 1.82) is 0 Å². The molecule has 0 radical (unpaired) electrons. The van der Waals surface area contributed by atoms with Crippen LogP contribution in [0, 0.1) is 0 Å². The van der Waals surface area contributed by atoms with E-state index in [9.17, 15) is 0 Å². The summed E-state index contributed by atoms with van der Waals surface area (Å²) in [6, 6.07) is 72.8. The Labute approximate surface area is 299 Å². The maximum absolute atomic E-state index is 2.49. The number of fused-ring (bicyclic) bond motifs is 5. The molecule has 0 amide bonds. The number of hydrogen-bond donors (Lipinski definition) is 0. The zero-order chi connectivity index (χ0) is 33.7. The van der Waals surface area contributed by atoms with Crippen LogP contribution in [0.3, 0.4) is 0 Å². The molecule has 2 aliphatic heterocycles. The molecular formula is C48H33BN2. The molecule has 0 saturated heterocycles. The minimum Gasteiger partial charge on any atom is -0.311 e. The molecule has 0 atom stereocenters. The maximum Gasteiger partial charge on any atom is 0.248 e. The molecule has 0 saturated carbocycles. The standard InChI is InChI=1S/C48H33BN2/c1-5-14-34(15-6-1)36-24-27-40(28-25-36)51-46-23-13-22-42-43-33-41(50(38-18-9-3-10-19-38)39-20-11-4-12-21-39)29-31-44(43)49(48(42)46)45-30-26-37(32-47(45)51)35-16-7-2-8-17-35/h1-33H. The van der Waals surface area contributed by atoms with Gasteiger partial charge in [0.15, 0.2) is 0 Å². The van der Waals surface area contributed by atoms with Crippen LogP contribution in [0.2, 0.25) is 0 Å². The molecule has 10 rings (SSSR count). The van der Waals surface area contributed by atoms with E-state index in [0.717, 1.165) is 22.7 Å². The van der Waals surface area contributed by atoms with Crippen molar-refractivity contribution in [3.63, 3.8) is 0 Å². The highest BCUT2D eigenvalue weighted by Gasteiger charge is 2.42. The van der Waals surface area contributed by atoms with E-state index >= 15 is 0 Å². The molecule has 3 heteroatoms. The fourth-order valence-electron chi connectivity index (χ4n) is 8.17. The van der Waals surface area contributed by atoms with Crippen molar-refractivity contribution >= 4 is 57.2 Å². The van der Waals surface area contributed by atoms with Gasteiger partial charge in [-0.25, -0.2) is 0 Å². The lowest BCUT2D eigenvalue weighted by Gasteiger charge is -2.36. The second kappa shape index (κ2) is 12.1. The second-order valence-electron chi connectivity index (χ2n) is 13.3. The summed E-state index contributed by atoms with van der Waals surface area (Å²) >= 11 is 0. The highest BCUT2D eigenvalue weighted by Crippen LogP contribution is 2.43. The fourth-order valence-corrected chi connectivity index (χ4v) is 8.17. The average molecular weight is 649 g/mol. The molecule has 0 N–H and O–H groups in total. The Kier molecular flexibility index (Phi) is 6.95. The number of benzene rings is 8. The monoisotopic (exact) mass is 648 g/mol. The predicted octanol–water partition coefficient (Wildman–Crippen LogP) is 10.8. The average Bonchev–Trinajstić information content (AvgIpc) is 3.54. The van der Waals surface area contributed by atoms with Gasteiger partial charge in [-0.15, -0.1) is 0 Å². The molecule has 0 bridgehead atoms. The van der Waals surface area contributed by atoms with Crippen molar-refractivity contribution in [1.82, 2.24) is 0 Å². The summed E-state index contributed by atoms with van der Waals surface area (Å²) in [5, 5.41) is 0. The van der Waals surface area contributed by atoms with Crippen LogP contribution in [0.25, 0.3) is 33.4 Å². The Bertz CT molecular complexity index is 2480. The smallest absolute Gasteiger partial charge is 0.248 e. The van der Waals surface area contributed by atoms with Gasteiger partial charge in [0.25, 0.3) is 0 Å². The Morgan fingerprint density at radius 3 is 1.55 bits per heavy atom. The summed E-state index contributed by atoms with van der Waals surface area (Å²) in [6.45, 7) is 0.141. The normalized spacial score (nSPS) is 12.2. The minimum atomic E-state index is 0.141. The number of para-hydroxylation sites is 2. The summed E-state index contributed by atoms with van der Waals surface area (Å²) in [5.41, 5.74) is 18.6. The Morgan fingerprint density at radius 2 is 0.902 bits per heavy atom. The molecule has 0 unspecified atom stereocenters. The maximum atomic E-state index is 2.49. The van der Waals surface area contributed by atoms with E-state index in [4.69, 9.17) is 0 Å². The van der Waals surface area contributed by atoms with Crippen molar-refractivity contribution in [2.75, 3.05) is 9.80 Å². The van der Waals surface area contributed by atoms with Gasteiger partial charge in [-0.05, 0) is 105 Å². The van der Waals surface area contributed by atoms with Crippen molar-refractivity contribution in [3.05, 3.63) is 200 Å². The van der Waals surface area contributed by atoms with Gasteiger partial charge in [-0.2, -0.15) is 0 Å². The van der Waals surface area contributed by atoms with Gasteiger partial charge in [0.05, 0.1) is 0 Å². The highest BCUT2D eigenvalue weighted by atomic mass is 15.2. The van der Waals surface area contributed by atoms with Gasteiger partial charge in [0.2, 0.25) is 6.71 Å². The summed E-state index contributed by atoms with van der Waals surface area (Å²) in [4.78, 5) is 4.84. The number of nitrogens with zero attached hydrogens (tertiary/aromatic N) is 2. The molecule has 2 nitrogen and oxygen atoms in total. The molecule has 0 spiro atoms. The van der Waals surface area contributed by atoms with Crippen LogP contribution in [0.1, 0.15) is 0 Å². The molecule has 2 aliphatic rings. The fraction of sp³-hybridized carbons (Fsp3) is 0. The van der Waals surface area contributed by atoms with Crippen LogP contribution < -0.4 is 26.2 Å². The Balaban J connectivity index is 1.16. The van der Waals surface area contributed by atoms with Crippen LogP contribution >= 0.6 is 0 Å². The van der Waals surface area contributed by atoms with Crippen molar-refractivity contribution in [3.8, 4) is 33.4 Å². The van der Waals surface area contributed by atoms with Crippen molar-refractivity contribution < 1.29 is 0 Å². The first-order valence-electron chi connectivity index (χ1n) is 17.6. The van der Waals surface area contributed by atoms with E-state index in [1.165, 1.54) is 61.1 Å². The van der Waals surface area contributed by atoms with Gasteiger partial charge < -0.3 is 9.80 Å². The number of hydrogen-bond acceptors (Lipinski definition) is 2. The zero-order valence-corrected chi connectivity index (χ0v) is 28.0. The molecule has 8 aromatic rings. The molecular weight excluding hydrogens is 615 g/mol. The van der Waals surface area contributed by atoms with Crippen molar-refractivity contribution in [2.24, 2.45) is 0 Å². The number of rotatable bonds is 6. The first kappa shape index (κ1) is 29.4. The third-order valence-corrected chi connectivity index (χ3v) is 10.5. The van der Waals surface area contributed by atoms with Gasteiger partial charge in [0.1, 0.15) is 0 Å². The third-order valence-electron chi connectivity index (χ3n) is 10.5. The molecule has 51 heavy (non-hydrogen) atoms. The van der Waals surface area contributed by atoms with E-state index in [0.29, 0.717) is 0 Å². The summed E-state index contributed by atoms with van der Waals surface area (Å²) < 4.78 is 0. The third kappa shape index (κ3) is 4.89.